The molecule has 10 N–H and O–H groups in total. The van der Waals surface area contributed by atoms with Crippen molar-refractivity contribution in [2.24, 2.45) is 5.73 Å². The quantitative estimate of drug-likeness (QED) is 0.147. The Balaban J connectivity index is 3.09. The largest absolute Gasteiger partial charge is 0.508 e. The Hall–Kier alpha value is -3.26. The first kappa shape index (κ1) is 27.8. The predicted octanol–water partition coefficient (Wildman–Crippen LogP) is -3.45. The van der Waals surface area contributed by atoms with Gasteiger partial charge in [0.1, 0.15) is 29.9 Å². The van der Waals surface area contributed by atoms with Crippen LogP contribution in [0, 0.1) is 0 Å². The molecule has 1 aromatic rings. The summed E-state index contributed by atoms with van der Waals surface area (Å²) in [5, 5.41) is 53.6. The molecule has 13 heteroatoms. The van der Waals surface area contributed by atoms with Crippen molar-refractivity contribution in [3.63, 3.8) is 0 Å². The van der Waals surface area contributed by atoms with Crippen LogP contribution >= 0.6 is 0 Å². The number of carbonyl (C=O) groups is 4. The van der Waals surface area contributed by atoms with E-state index >= 15 is 0 Å². The Labute approximate surface area is 189 Å². The number of phenolic OH excluding ortho intramolecular Hbond substituents is 1. The smallest absolute Gasteiger partial charge is 0.328 e. The Morgan fingerprint density at radius 1 is 0.879 bits per heavy atom. The molecule has 13 nitrogen and oxygen atoms in total. The van der Waals surface area contributed by atoms with Gasteiger partial charge >= 0.3 is 5.97 Å². The number of phenols is 1. The number of aliphatic hydroxyl groups is 3. The first-order chi connectivity index (χ1) is 15.4. The second kappa shape index (κ2) is 12.7. The first-order valence-corrected chi connectivity index (χ1v) is 10.0. The van der Waals surface area contributed by atoms with Gasteiger partial charge in [0.2, 0.25) is 17.7 Å². The van der Waals surface area contributed by atoms with Gasteiger partial charge in [-0.25, -0.2) is 4.79 Å². The number of hydrogen-bond acceptors (Lipinski definition) is 9. The first-order valence-electron chi connectivity index (χ1n) is 10.0. The number of nitrogens with two attached hydrogens (primary N) is 1. The third-order valence-electron chi connectivity index (χ3n) is 4.69. The number of aliphatic hydroxyl groups excluding tert-OH is 3. The monoisotopic (exact) mass is 470 g/mol. The molecule has 184 valence electrons. The van der Waals surface area contributed by atoms with Crippen molar-refractivity contribution in [3.05, 3.63) is 29.8 Å². The van der Waals surface area contributed by atoms with E-state index in [1.165, 1.54) is 38.1 Å². The molecule has 0 saturated heterocycles. The van der Waals surface area contributed by atoms with Gasteiger partial charge in [0.15, 0.2) is 0 Å². The van der Waals surface area contributed by atoms with E-state index in [9.17, 15) is 34.5 Å². The molecule has 0 saturated carbocycles. The van der Waals surface area contributed by atoms with E-state index in [2.05, 4.69) is 10.6 Å². The van der Waals surface area contributed by atoms with Crippen LogP contribution in [0.15, 0.2) is 24.3 Å². The number of carboxylic acid groups (broad SMARTS) is 1. The highest BCUT2D eigenvalue weighted by Crippen LogP contribution is 2.12. The van der Waals surface area contributed by atoms with E-state index in [1.54, 1.807) is 0 Å². The Kier molecular flexibility index (Phi) is 10.7. The van der Waals surface area contributed by atoms with Gasteiger partial charge in [0.05, 0.1) is 18.8 Å². The van der Waals surface area contributed by atoms with Crippen LogP contribution in [0.3, 0.4) is 0 Å². The number of aromatic hydroxyl groups is 1. The van der Waals surface area contributed by atoms with Crippen LogP contribution in [-0.4, -0.2) is 92.2 Å². The van der Waals surface area contributed by atoms with Crippen LogP contribution in [0.1, 0.15) is 19.4 Å². The molecule has 0 aromatic heterocycles. The summed E-state index contributed by atoms with van der Waals surface area (Å²) in [5.41, 5.74) is 6.12. The lowest BCUT2D eigenvalue weighted by atomic mass is 10.0. The summed E-state index contributed by atoms with van der Waals surface area (Å²) >= 11 is 0. The fraction of sp³-hybridized carbons (Fsp3) is 0.500. The summed E-state index contributed by atoms with van der Waals surface area (Å²) in [6.45, 7) is 1.54. The Morgan fingerprint density at radius 3 is 1.88 bits per heavy atom. The van der Waals surface area contributed by atoms with Crippen LogP contribution in [0.25, 0.3) is 0 Å². The maximum atomic E-state index is 12.9. The van der Waals surface area contributed by atoms with Crippen molar-refractivity contribution in [2.75, 3.05) is 6.61 Å². The van der Waals surface area contributed by atoms with Crippen molar-refractivity contribution in [1.29, 1.82) is 0 Å². The highest BCUT2D eigenvalue weighted by Gasteiger charge is 2.33. The number of amides is 3. The molecular weight excluding hydrogens is 440 g/mol. The van der Waals surface area contributed by atoms with E-state index in [0.717, 1.165) is 0 Å². The third-order valence-corrected chi connectivity index (χ3v) is 4.69. The van der Waals surface area contributed by atoms with Crippen LogP contribution in [0.2, 0.25) is 0 Å². The maximum Gasteiger partial charge on any atom is 0.328 e. The zero-order chi connectivity index (χ0) is 25.3. The second-order valence-corrected chi connectivity index (χ2v) is 7.51. The molecule has 33 heavy (non-hydrogen) atoms. The zero-order valence-electron chi connectivity index (χ0n) is 18.1. The maximum absolute atomic E-state index is 12.9. The second-order valence-electron chi connectivity index (χ2n) is 7.51. The summed E-state index contributed by atoms with van der Waals surface area (Å²) in [6.07, 6.45) is -2.79. The molecule has 3 amide bonds. The van der Waals surface area contributed by atoms with Crippen molar-refractivity contribution in [3.8, 4) is 5.75 Å². The van der Waals surface area contributed by atoms with Gasteiger partial charge in [-0.05, 0) is 31.5 Å². The summed E-state index contributed by atoms with van der Waals surface area (Å²) in [4.78, 5) is 48.7. The minimum atomic E-state index is -1.66. The summed E-state index contributed by atoms with van der Waals surface area (Å²) in [7, 11) is 0. The summed E-state index contributed by atoms with van der Waals surface area (Å²) in [5.74, 6) is -4.39. The average molecular weight is 470 g/mol. The molecule has 0 fully saturated rings. The summed E-state index contributed by atoms with van der Waals surface area (Å²) < 4.78 is 0. The Bertz CT molecular complexity index is 829. The molecular formula is C20H30N4O9. The fourth-order valence-corrected chi connectivity index (χ4v) is 2.67. The van der Waals surface area contributed by atoms with Gasteiger partial charge in [0, 0.05) is 6.42 Å². The van der Waals surface area contributed by atoms with Gasteiger partial charge < -0.3 is 47.2 Å². The van der Waals surface area contributed by atoms with Crippen molar-refractivity contribution in [1.82, 2.24) is 16.0 Å². The van der Waals surface area contributed by atoms with Crippen LogP contribution in [-0.2, 0) is 25.6 Å². The van der Waals surface area contributed by atoms with Gasteiger partial charge in [-0.1, -0.05) is 12.1 Å². The number of aliphatic carboxylic acids is 1. The molecule has 0 aliphatic carbocycles. The topological polar surface area (TPSA) is 232 Å². The van der Waals surface area contributed by atoms with Crippen molar-refractivity contribution >= 4 is 23.7 Å². The molecule has 0 bridgehead atoms. The van der Waals surface area contributed by atoms with Crippen LogP contribution in [0.5, 0.6) is 5.75 Å². The number of nitrogens with one attached hydrogen (secondary N) is 3. The number of rotatable bonds is 12. The minimum absolute atomic E-state index is 0.0253. The van der Waals surface area contributed by atoms with E-state index in [4.69, 9.17) is 15.9 Å². The molecule has 0 radical (unpaired) electrons. The molecule has 0 unspecified atom stereocenters. The van der Waals surface area contributed by atoms with Crippen LogP contribution < -0.4 is 21.7 Å². The normalized spacial score (nSPS) is 16.4. The lowest BCUT2D eigenvalue weighted by Gasteiger charge is -2.26. The lowest BCUT2D eigenvalue weighted by Crippen LogP contribution is -2.61. The van der Waals surface area contributed by atoms with Crippen molar-refractivity contribution in [2.45, 2.75) is 56.6 Å². The SMILES string of the molecule is C[C@@H](O)[C@H](N)C(=O)N[C@@H](Cc1ccc(O)cc1)C(=O)N[C@H](C(=O)N[C@@H](CO)C(=O)O)[C@@H](C)O. The number of hydrogen-bond donors (Lipinski definition) is 9. The predicted molar refractivity (Wildman–Crippen MR) is 114 cm³/mol. The van der Waals surface area contributed by atoms with Gasteiger partial charge in [-0.2, -0.15) is 0 Å². The van der Waals surface area contributed by atoms with Crippen LogP contribution in [0.4, 0.5) is 0 Å². The van der Waals surface area contributed by atoms with E-state index in [1.807, 2.05) is 5.32 Å². The molecule has 0 aliphatic rings. The van der Waals surface area contributed by atoms with E-state index in [0.29, 0.717) is 5.56 Å². The van der Waals surface area contributed by atoms with Gasteiger partial charge in [-0.15, -0.1) is 0 Å². The lowest BCUT2D eigenvalue weighted by molar-refractivity contribution is -0.144. The number of carboxylic acids is 1. The molecule has 0 spiro atoms. The fourth-order valence-electron chi connectivity index (χ4n) is 2.67. The molecule has 0 heterocycles. The average Bonchev–Trinajstić information content (AvgIpc) is 2.75. The highest BCUT2D eigenvalue weighted by atomic mass is 16.4. The van der Waals surface area contributed by atoms with Gasteiger partial charge in [0.25, 0.3) is 0 Å². The van der Waals surface area contributed by atoms with E-state index < -0.39 is 66.7 Å². The summed E-state index contributed by atoms with van der Waals surface area (Å²) in [6, 6.07) is -0.225. The number of carbonyl (C=O) groups excluding carboxylic acids is 3. The van der Waals surface area contributed by atoms with Crippen molar-refractivity contribution < 1.29 is 44.7 Å². The third kappa shape index (κ3) is 8.65. The number of benzene rings is 1. The molecule has 0 aliphatic heterocycles. The Morgan fingerprint density at radius 2 is 1.42 bits per heavy atom. The standard InChI is InChI=1S/C20H30N4O9/c1-9(26)15(21)18(30)22-13(7-11-3-5-12(28)6-4-11)17(29)24-16(10(2)27)19(31)23-14(8-25)20(32)33/h3-6,9-10,13-16,25-28H,7-8,21H2,1-2H3,(H,22,30)(H,23,31)(H,24,29)(H,32,33)/t9-,10-,13+,14+,15+,16+/m1/s1. The molecule has 6 atom stereocenters. The molecule has 1 aromatic carbocycles. The zero-order valence-corrected chi connectivity index (χ0v) is 18.1. The highest BCUT2D eigenvalue weighted by molar-refractivity contribution is 5.94. The van der Waals surface area contributed by atoms with Gasteiger partial charge in [-0.3, -0.25) is 14.4 Å². The minimum Gasteiger partial charge on any atom is -0.508 e. The van der Waals surface area contributed by atoms with E-state index in [-0.39, 0.29) is 12.2 Å². The molecule has 1 rings (SSSR count).